The van der Waals surface area contributed by atoms with Gasteiger partial charge >= 0.3 is 0 Å². The summed E-state index contributed by atoms with van der Waals surface area (Å²) in [4.78, 5) is 13.1. The SMILES string of the molecule is COc1ccc(OC)c(N(CC(=O)Nc2ccc(S(=O)(=O)Nc3cccc(Cl)c3C)cc2)S(=O)(=O)c2ccccc2)c1. The van der Waals surface area contributed by atoms with Crippen LogP contribution < -0.4 is 23.8 Å². The Morgan fingerprint density at radius 2 is 1.52 bits per heavy atom. The average molecular weight is 630 g/mol. The molecule has 0 spiro atoms. The van der Waals surface area contributed by atoms with Crippen LogP contribution in [0.4, 0.5) is 17.1 Å². The number of sulfonamides is 2. The van der Waals surface area contributed by atoms with Crippen molar-refractivity contribution in [3.8, 4) is 11.5 Å². The first-order valence-electron chi connectivity index (χ1n) is 12.4. The van der Waals surface area contributed by atoms with E-state index in [-0.39, 0.29) is 26.9 Å². The molecule has 0 unspecified atom stereocenters. The van der Waals surface area contributed by atoms with E-state index >= 15 is 0 Å². The molecular weight excluding hydrogens is 602 g/mol. The monoisotopic (exact) mass is 629 g/mol. The average Bonchev–Trinajstić information content (AvgIpc) is 2.98. The molecule has 0 atom stereocenters. The van der Waals surface area contributed by atoms with Crippen LogP contribution in [0.5, 0.6) is 11.5 Å². The normalized spacial score (nSPS) is 11.4. The lowest BCUT2D eigenvalue weighted by molar-refractivity contribution is -0.114. The summed E-state index contributed by atoms with van der Waals surface area (Å²) >= 11 is 6.10. The number of amides is 1. The first kappa shape index (κ1) is 30.7. The summed E-state index contributed by atoms with van der Waals surface area (Å²) in [5, 5.41) is 3.05. The summed E-state index contributed by atoms with van der Waals surface area (Å²) < 4.78 is 67.4. The van der Waals surface area contributed by atoms with Gasteiger partial charge in [0.2, 0.25) is 5.91 Å². The molecule has 4 aromatic rings. The fourth-order valence-electron chi connectivity index (χ4n) is 3.98. The molecular formula is C29H28ClN3O7S2. The van der Waals surface area contributed by atoms with Gasteiger partial charge in [0.05, 0.1) is 35.4 Å². The highest BCUT2D eigenvalue weighted by molar-refractivity contribution is 7.93. The number of hydrogen-bond donors (Lipinski definition) is 2. The Morgan fingerprint density at radius 3 is 2.17 bits per heavy atom. The van der Waals surface area contributed by atoms with Gasteiger partial charge < -0.3 is 14.8 Å². The molecule has 0 aliphatic rings. The summed E-state index contributed by atoms with van der Waals surface area (Å²) in [6, 6.07) is 22.6. The Labute approximate surface area is 250 Å². The van der Waals surface area contributed by atoms with Gasteiger partial charge in [0.1, 0.15) is 18.0 Å². The van der Waals surface area contributed by atoms with Crippen LogP contribution in [0.1, 0.15) is 5.56 Å². The number of nitrogens with one attached hydrogen (secondary N) is 2. The molecule has 0 aliphatic heterocycles. The van der Waals surface area contributed by atoms with E-state index in [1.807, 2.05) is 0 Å². The van der Waals surface area contributed by atoms with E-state index in [0.29, 0.717) is 22.0 Å². The number of ether oxygens (including phenoxy) is 2. The number of halogens is 1. The minimum absolute atomic E-state index is 0.0281. The van der Waals surface area contributed by atoms with Gasteiger partial charge in [-0.1, -0.05) is 35.9 Å². The molecule has 0 aliphatic carbocycles. The van der Waals surface area contributed by atoms with Crippen LogP contribution in [0.15, 0.2) is 101 Å². The van der Waals surface area contributed by atoms with Crippen LogP contribution in [-0.4, -0.2) is 43.5 Å². The molecule has 2 N–H and O–H groups in total. The van der Waals surface area contributed by atoms with E-state index in [4.69, 9.17) is 21.1 Å². The van der Waals surface area contributed by atoms with Crippen LogP contribution in [0.2, 0.25) is 5.02 Å². The zero-order chi connectivity index (χ0) is 30.5. The molecule has 0 saturated carbocycles. The zero-order valence-electron chi connectivity index (χ0n) is 22.9. The molecule has 0 radical (unpaired) electrons. The van der Waals surface area contributed by atoms with Gasteiger partial charge in [-0.3, -0.25) is 13.8 Å². The Bertz CT molecular complexity index is 1800. The second-order valence-electron chi connectivity index (χ2n) is 8.95. The second-order valence-corrected chi connectivity index (χ2v) is 12.9. The van der Waals surface area contributed by atoms with Gasteiger partial charge in [-0.25, -0.2) is 16.8 Å². The van der Waals surface area contributed by atoms with Crippen LogP contribution in [-0.2, 0) is 24.8 Å². The lowest BCUT2D eigenvalue weighted by Gasteiger charge is -2.26. The highest BCUT2D eigenvalue weighted by atomic mass is 35.5. The number of hydrogen-bond acceptors (Lipinski definition) is 7. The number of rotatable bonds is 11. The summed E-state index contributed by atoms with van der Waals surface area (Å²) in [7, 11) is -5.35. The van der Waals surface area contributed by atoms with E-state index in [1.165, 1.54) is 62.8 Å². The molecule has 220 valence electrons. The standard InChI is InChI=1S/C29H28ClN3O7S2/c1-20-25(30)10-7-11-26(20)32-41(35,36)23-15-12-21(13-16-23)31-29(34)19-33(42(37,38)24-8-5-4-6-9-24)27-18-22(39-2)14-17-28(27)40-3/h4-18,32H,19H2,1-3H3,(H,31,34). The smallest absolute Gasteiger partial charge is 0.264 e. The molecule has 4 rings (SSSR count). The van der Waals surface area contributed by atoms with E-state index in [9.17, 15) is 21.6 Å². The van der Waals surface area contributed by atoms with Crippen LogP contribution in [0.25, 0.3) is 0 Å². The van der Waals surface area contributed by atoms with Gasteiger partial charge in [-0.15, -0.1) is 0 Å². The Hall–Kier alpha value is -4.26. The third-order valence-electron chi connectivity index (χ3n) is 6.23. The molecule has 10 nitrogen and oxygen atoms in total. The molecule has 0 saturated heterocycles. The Balaban J connectivity index is 1.59. The predicted molar refractivity (Wildman–Crippen MR) is 163 cm³/mol. The van der Waals surface area contributed by atoms with Gasteiger partial charge in [-0.05, 0) is 73.2 Å². The van der Waals surface area contributed by atoms with Crippen LogP contribution >= 0.6 is 11.6 Å². The van der Waals surface area contributed by atoms with E-state index < -0.39 is 32.5 Å². The summed E-state index contributed by atoms with van der Waals surface area (Å²) in [6.45, 7) is 1.08. The molecule has 1 amide bonds. The van der Waals surface area contributed by atoms with Crippen LogP contribution in [0, 0.1) is 6.92 Å². The number of anilines is 3. The van der Waals surface area contributed by atoms with Crippen molar-refractivity contribution in [2.24, 2.45) is 0 Å². The first-order chi connectivity index (χ1) is 20.0. The molecule has 0 bridgehead atoms. The summed E-state index contributed by atoms with van der Waals surface area (Å²) in [5.74, 6) is -0.111. The van der Waals surface area contributed by atoms with Crippen molar-refractivity contribution in [1.82, 2.24) is 0 Å². The van der Waals surface area contributed by atoms with Gasteiger partial charge in [0.15, 0.2) is 0 Å². The van der Waals surface area contributed by atoms with Crippen molar-refractivity contribution in [1.29, 1.82) is 0 Å². The van der Waals surface area contributed by atoms with Crippen molar-refractivity contribution < 1.29 is 31.1 Å². The number of carbonyl (C=O) groups excluding carboxylic acids is 1. The van der Waals surface area contributed by atoms with Crippen molar-refractivity contribution in [2.45, 2.75) is 16.7 Å². The number of benzene rings is 4. The van der Waals surface area contributed by atoms with Gasteiger partial charge in [0, 0.05) is 16.8 Å². The van der Waals surface area contributed by atoms with E-state index in [1.54, 1.807) is 49.4 Å². The maximum Gasteiger partial charge on any atom is 0.264 e. The zero-order valence-corrected chi connectivity index (χ0v) is 25.3. The third-order valence-corrected chi connectivity index (χ3v) is 9.80. The fourth-order valence-corrected chi connectivity index (χ4v) is 6.72. The maximum atomic E-state index is 13.7. The summed E-state index contributed by atoms with van der Waals surface area (Å²) in [6.07, 6.45) is 0. The summed E-state index contributed by atoms with van der Waals surface area (Å²) in [5.41, 5.74) is 1.27. The van der Waals surface area contributed by atoms with E-state index in [2.05, 4.69) is 10.0 Å². The fraction of sp³-hybridized carbons (Fsp3) is 0.138. The van der Waals surface area contributed by atoms with Crippen molar-refractivity contribution in [3.63, 3.8) is 0 Å². The predicted octanol–water partition coefficient (Wildman–Crippen LogP) is 5.30. The first-order valence-corrected chi connectivity index (χ1v) is 15.7. The highest BCUT2D eigenvalue weighted by Gasteiger charge is 2.30. The second kappa shape index (κ2) is 12.7. The van der Waals surface area contributed by atoms with Gasteiger partial charge in [0.25, 0.3) is 20.0 Å². The number of nitrogens with zero attached hydrogens (tertiary/aromatic N) is 1. The molecule has 13 heteroatoms. The Morgan fingerprint density at radius 1 is 0.833 bits per heavy atom. The van der Waals surface area contributed by atoms with Crippen molar-refractivity contribution in [3.05, 3.63) is 102 Å². The van der Waals surface area contributed by atoms with Gasteiger partial charge in [-0.2, -0.15) is 0 Å². The Kier molecular flexibility index (Phi) is 9.30. The molecule has 0 fully saturated rings. The lowest BCUT2D eigenvalue weighted by atomic mass is 10.2. The van der Waals surface area contributed by atoms with Crippen molar-refractivity contribution >= 4 is 54.6 Å². The largest absolute Gasteiger partial charge is 0.497 e. The number of carbonyl (C=O) groups is 1. The molecule has 0 heterocycles. The van der Waals surface area contributed by atoms with Crippen molar-refractivity contribution in [2.75, 3.05) is 35.1 Å². The quantitative estimate of drug-likeness (QED) is 0.230. The molecule has 0 aromatic heterocycles. The minimum atomic E-state index is -4.22. The topological polar surface area (TPSA) is 131 Å². The molecule has 42 heavy (non-hydrogen) atoms. The maximum absolute atomic E-state index is 13.7. The minimum Gasteiger partial charge on any atom is -0.497 e. The lowest BCUT2D eigenvalue weighted by Crippen LogP contribution is -2.38. The third kappa shape index (κ3) is 6.78. The van der Waals surface area contributed by atoms with E-state index in [0.717, 1.165) is 4.31 Å². The number of methoxy groups -OCH3 is 2. The van der Waals surface area contributed by atoms with Crippen LogP contribution in [0.3, 0.4) is 0 Å². The molecule has 4 aromatic carbocycles. The highest BCUT2D eigenvalue weighted by Crippen LogP contribution is 2.35.